The molecule has 1 aromatic rings. The van der Waals surface area contributed by atoms with E-state index in [0.717, 1.165) is 12.1 Å². The Morgan fingerprint density at radius 2 is 1.95 bits per heavy atom. The molecule has 0 aliphatic carbocycles. The number of hydrogen-bond donors (Lipinski definition) is 0. The highest BCUT2D eigenvalue weighted by atomic mass is 35.7. The third kappa shape index (κ3) is 5.26. The van der Waals surface area contributed by atoms with Crippen molar-refractivity contribution in [1.29, 1.82) is 0 Å². The maximum absolute atomic E-state index is 13.7. The number of halogens is 2. The van der Waals surface area contributed by atoms with Gasteiger partial charge in [0.2, 0.25) is 0 Å². The van der Waals surface area contributed by atoms with Crippen LogP contribution >= 0.6 is 10.7 Å². The molecule has 5 nitrogen and oxygen atoms in total. The summed E-state index contributed by atoms with van der Waals surface area (Å²) in [6.45, 7) is 5.09. The standard InChI is InChI=1S/C13H16ClFO5S/c1-8(2)19-4-5-20-13(16)10-6-11(15)9(3)12(7-10)21(14,17)18/h6-8H,4-5H2,1-3H3. The van der Waals surface area contributed by atoms with Gasteiger partial charge >= 0.3 is 5.97 Å². The summed E-state index contributed by atoms with van der Waals surface area (Å²) in [5.41, 5.74) is -0.369. The average Bonchev–Trinajstić information content (AvgIpc) is 2.35. The molecule has 0 aliphatic heterocycles. The predicted octanol–water partition coefficient (Wildman–Crippen LogP) is 2.64. The van der Waals surface area contributed by atoms with E-state index in [9.17, 15) is 17.6 Å². The Hall–Kier alpha value is -1.18. The third-order valence-electron chi connectivity index (χ3n) is 2.56. The van der Waals surface area contributed by atoms with E-state index in [1.165, 1.54) is 6.92 Å². The Balaban J connectivity index is 2.89. The van der Waals surface area contributed by atoms with Crippen LogP contribution in [0.2, 0.25) is 0 Å². The normalized spacial score (nSPS) is 11.7. The Morgan fingerprint density at radius 3 is 2.48 bits per heavy atom. The van der Waals surface area contributed by atoms with Gasteiger partial charge in [0.15, 0.2) is 0 Å². The summed E-state index contributed by atoms with van der Waals surface area (Å²) < 4.78 is 46.4. The van der Waals surface area contributed by atoms with Crippen LogP contribution in [0.15, 0.2) is 17.0 Å². The van der Waals surface area contributed by atoms with Crippen LogP contribution in [0, 0.1) is 12.7 Å². The fourth-order valence-electron chi connectivity index (χ4n) is 1.53. The van der Waals surface area contributed by atoms with E-state index >= 15 is 0 Å². The number of esters is 1. The quantitative estimate of drug-likeness (QED) is 0.453. The topological polar surface area (TPSA) is 69.7 Å². The fourth-order valence-corrected chi connectivity index (χ4v) is 2.74. The van der Waals surface area contributed by atoms with Crippen LogP contribution in [0.25, 0.3) is 0 Å². The molecule has 1 aromatic carbocycles. The molecule has 21 heavy (non-hydrogen) atoms. The summed E-state index contributed by atoms with van der Waals surface area (Å²) in [6.07, 6.45) is -0.00600. The van der Waals surface area contributed by atoms with Crippen LogP contribution in [0.1, 0.15) is 29.8 Å². The third-order valence-corrected chi connectivity index (χ3v) is 4.01. The van der Waals surface area contributed by atoms with Gasteiger partial charge in [-0.2, -0.15) is 0 Å². The molecule has 8 heteroatoms. The number of carbonyl (C=O) groups is 1. The minimum Gasteiger partial charge on any atom is -0.460 e. The fraction of sp³-hybridized carbons (Fsp3) is 0.462. The molecular weight excluding hydrogens is 323 g/mol. The van der Waals surface area contributed by atoms with E-state index in [-0.39, 0.29) is 30.4 Å². The molecule has 0 heterocycles. The predicted molar refractivity (Wildman–Crippen MR) is 75.5 cm³/mol. The highest BCUT2D eigenvalue weighted by Gasteiger charge is 2.20. The monoisotopic (exact) mass is 338 g/mol. The minimum absolute atomic E-state index is 0.00600. The van der Waals surface area contributed by atoms with E-state index in [1.54, 1.807) is 0 Å². The van der Waals surface area contributed by atoms with Crippen molar-refractivity contribution in [3.63, 3.8) is 0 Å². The van der Waals surface area contributed by atoms with Crippen molar-refractivity contribution in [2.24, 2.45) is 0 Å². The molecule has 0 saturated heterocycles. The van der Waals surface area contributed by atoms with Gasteiger partial charge in [0, 0.05) is 16.2 Å². The molecular formula is C13H16ClFO5S. The highest BCUT2D eigenvalue weighted by molar-refractivity contribution is 8.13. The highest BCUT2D eigenvalue weighted by Crippen LogP contribution is 2.24. The van der Waals surface area contributed by atoms with Crippen LogP contribution in [-0.2, 0) is 18.5 Å². The molecule has 0 bridgehead atoms. The largest absolute Gasteiger partial charge is 0.460 e. The minimum atomic E-state index is -4.15. The zero-order valence-electron chi connectivity index (χ0n) is 11.9. The van der Waals surface area contributed by atoms with Crippen molar-refractivity contribution in [3.05, 3.63) is 29.1 Å². The van der Waals surface area contributed by atoms with E-state index in [0.29, 0.717) is 0 Å². The second kappa shape index (κ2) is 7.20. The number of hydrogen-bond acceptors (Lipinski definition) is 5. The van der Waals surface area contributed by atoms with E-state index < -0.39 is 25.7 Å². The first-order chi connectivity index (χ1) is 9.62. The van der Waals surface area contributed by atoms with Crippen LogP contribution in [-0.4, -0.2) is 33.7 Å². The zero-order valence-corrected chi connectivity index (χ0v) is 13.4. The van der Waals surface area contributed by atoms with Gasteiger partial charge < -0.3 is 9.47 Å². The van der Waals surface area contributed by atoms with Crippen molar-refractivity contribution in [2.75, 3.05) is 13.2 Å². The van der Waals surface area contributed by atoms with Gasteiger partial charge in [-0.3, -0.25) is 0 Å². The van der Waals surface area contributed by atoms with E-state index in [2.05, 4.69) is 0 Å². The second-order valence-electron chi connectivity index (χ2n) is 4.57. The van der Waals surface area contributed by atoms with Gasteiger partial charge in [-0.05, 0) is 32.9 Å². The molecule has 0 spiro atoms. The number of carbonyl (C=O) groups excluding carboxylic acids is 1. The number of ether oxygens (including phenoxy) is 2. The lowest BCUT2D eigenvalue weighted by Gasteiger charge is -2.10. The second-order valence-corrected chi connectivity index (χ2v) is 7.11. The summed E-state index contributed by atoms with van der Waals surface area (Å²) in [4.78, 5) is 11.3. The molecule has 0 saturated carbocycles. The Morgan fingerprint density at radius 1 is 1.33 bits per heavy atom. The number of benzene rings is 1. The lowest BCUT2D eigenvalue weighted by atomic mass is 10.1. The van der Waals surface area contributed by atoms with Gasteiger partial charge in [-0.1, -0.05) is 0 Å². The molecule has 1 rings (SSSR count). The van der Waals surface area contributed by atoms with Crippen LogP contribution < -0.4 is 0 Å². The molecule has 0 unspecified atom stereocenters. The summed E-state index contributed by atoms with van der Waals surface area (Å²) in [5.74, 6) is -1.69. The zero-order chi connectivity index (χ0) is 16.2. The summed E-state index contributed by atoms with van der Waals surface area (Å²) >= 11 is 0. The SMILES string of the molecule is Cc1c(F)cc(C(=O)OCCOC(C)C)cc1S(=O)(=O)Cl. The van der Waals surface area contributed by atoms with Gasteiger partial charge in [0.1, 0.15) is 12.4 Å². The molecule has 0 radical (unpaired) electrons. The van der Waals surface area contributed by atoms with Crippen molar-refractivity contribution in [2.45, 2.75) is 31.8 Å². The maximum Gasteiger partial charge on any atom is 0.338 e. The van der Waals surface area contributed by atoms with Crippen molar-refractivity contribution >= 4 is 25.7 Å². The Bertz CT molecular complexity index is 628. The first-order valence-electron chi connectivity index (χ1n) is 6.16. The lowest BCUT2D eigenvalue weighted by molar-refractivity contribution is 0.0176. The van der Waals surface area contributed by atoms with E-state index in [1.807, 2.05) is 13.8 Å². The van der Waals surface area contributed by atoms with Crippen molar-refractivity contribution < 1.29 is 27.1 Å². The van der Waals surface area contributed by atoms with Crippen LogP contribution in [0.4, 0.5) is 4.39 Å². The summed E-state index contributed by atoms with van der Waals surface area (Å²) in [5, 5.41) is 0. The number of rotatable bonds is 6. The van der Waals surface area contributed by atoms with Gasteiger partial charge in [-0.25, -0.2) is 17.6 Å². The lowest BCUT2D eigenvalue weighted by Crippen LogP contribution is -2.14. The molecule has 0 aromatic heterocycles. The van der Waals surface area contributed by atoms with Gasteiger partial charge in [-0.15, -0.1) is 0 Å². The van der Waals surface area contributed by atoms with Gasteiger partial charge in [0.05, 0.1) is 23.2 Å². The Kier molecular flexibility index (Phi) is 6.12. The van der Waals surface area contributed by atoms with Crippen LogP contribution in [0.5, 0.6) is 0 Å². The maximum atomic E-state index is 13.7. The Labute approximate surface area is 127 Å². The molecule has 0 N–H and O–H groups in total. The summed E-state index contributed by atoms with van der Waals surface area (Å²) in [7, 11) is 1.06. The van der Waals surface area contributed by atoms with Crippen LogP contribution in [0.3, 0.4) is 0 Å². The first kappa shape index (κ1) is 17.9. The molecule has 0 amide bonds. The molecule has 0 aliphatic rings. The average molecular weight is 339 g/mol. The van der Waals surface area contributed by atoms with E-state index in [4.69, 9.17) is 20.2 Å². The smallest absolute Gasteiger partial charge is 0.338 e. The van der Waals surface area contributed by atoms with Gasteiger partial charge in [0.25, 0.3) is 9.05 Å². The van der Waals surface area contributed by atoms with Crippen molar-refractivity contribution in [1.82, 2.24) is 0 Å². The molecule has 0 atom stereocenters. The first-order valence-corrected chi connectivity index (χ1v) is 8.47. The molecule has 118 valence electrons. The van der Waals surface area contributed by atoms with Crippen molar-refractivity contribution in [3.8, 4) is 0 Å². The molecule has 0 fully saturated rings. The summed E-state index contributed by atoms with van der Waals surface area (Å²) in [6, 6.07) is 1.90.